The van der Waals surface area contributed by atoms with Crippen LogP contribution in [0.1, 0.15) is 31.2 Å². The molecule has 0 radical (unpaired) electrons. The number of nitrogens with one attached hydrogen (secondary N) is 1. The van der Waals surface area contributed by atoms with Crippen molar-refractivity contribution in [2.24, 2.45) is 0 Å². The molecule has 1 fully saturated rings. The molecule has 2 N–H and O–H groups in total. The van der Waals surface area contributed by atoms with E-state index in [4.69, 9.17) is 21.4 Å². The molecule has 0 aliphatic heterocycles. The number of benzene rings is 1. The molecule has 21 heavy (non-hydrogen) atoms. The number of rotatable bonds is 4. The third-order valence-electron chi connectivity index (χ3n) is 3.74. The third kappa shape index (κ3) is 3.98. The van der Waals surface area contributed by atoms with Gasteiger partial charge >= 0.3 is 0 Å². The van der Waals surface area contributed by atoms with Crippen LogP contribution in [0.4, 0.5) is 5.69 Å². The van der Waals surface area contributed by atoms with E-state index in [0.29, 0.717) is 22.7 Å². The average Bonchev–Trinajstić information content (AvgIpc) is 2.43. The van der Waals surface area contributed by atoms with Crippen molar-refractivity contribution in [2.45, 2.75) is 31.3 Å². The molecular formula is C16H18ClNO3. The van der Waals surface area contributed by atoms with Crippen molar-refractivity contribution in [2.75, 3.05) is 19.0 Å². The molecule has 0 unspecified atom stereocenters. The molecule has 4 nitrogen and oxygen atoms in total. The molecule has 1 aromatic rings. The van der Waals surface area contributed by atoms with Gasteiger partial charge in [0.05, 0.1) is 17.7 Å². The number of hydrogen-bond acceptors (Lipinski definition) is 3. The number of carbonyl (C=O) groups excluding carboxylic acids is 1. The molecule has 0 spiro atoms. The Morgan fingerprint density at radius 1 is 1.52 bits per heavy atom. The van der Waals surface area contributed by atoms with Gasteiger partial charge in [0.2, 0.25) is 5.91 Å². The van der Waals surface area contributed by atoms with E-state index in [2.05, 4.69) is 17.2 Å². The maximum absolute atomic E-state index is 12.2. The Morgan fingerprint density at radius 3 is 2.86 bits per heavy atom. The second-order valence-electron chi connectivity index (χ2n) is 5.12. The molecule has 5 heteroatoms. The fraction of sp³-hybridized carbons (Fsp3) is 0.438. The van der Waals surface area contributed by atoms with Crippen molar-refractivity contribution in [3.8, 4) is 11.8 Å². The summed E-state index contributed by atoms with van der Waals surface area (Å²) in [5, 5.41) is 12.2. The Bertz CT molecular complexity index is 579. The molecular weight excluding hydrogens is 290 g/mol. The number of methoxy groups -OCH3 is 1. The number of ether oxygens (including phenoxy) is 1. The van der Waals surface area contributed by atoms with E-state index in [1.54, 1.807) is 25.3 Å². The van der Waals surface area contributed by atoms with E-state index in [9.17, 15) is 4.79 Å². The van der Waals surface area contributed by atoms with Gasteiger partial charge in [-0.1, -0.05) is 23.4 Å². The molecule has 1 saturated carbocycles. The highest BCUT2D eigenvalue weighted by Crippen LogP contribution is 2.38. The SMILES string of the molecule is COC1(CC(=O)Nc2ccc(Cl)cc2C#CCO)CCC1. The Labute approximate surface area is 129 Å². The number of hydrogen-bond donors (Lipinski definition) is 2. The average molecular weight is 308 g/mol. The zero-order chi connectivity index (χ0) is 15.3. The van der Waals surface area contributed by atoms with E-state index < -0.39 is 0 Å². The second kappa shape index (κ2) is 6.95. The summed E-state index contributed by atoms with van der Waals surface area (Å²) in [6.45, 7) is -0.243. The minimum atomic E-state index is -0.312. The molecule has 0 heterocycles. The van der Waals surface area contributed by atoms with Gasteiger partial charge in [-0.05, 0) is 37.5 Å². The van der Waals surface area contributed by atoms with Crippen LogP contribution in [0.5, 0.6) is 0 Å². The summed E-state index contributed by atoms with van der Waals surface area (Å²) in [5.74, 6) is 5.24. The van der Waals surface area contributed by atoms with Crippen molar-refractivity contribution < 1.29 is 14.6 Å². The first kappa shape index (κ1) is 15.8. The predicted octanol–water partition coefficient (Wildman–Crippen LogP) is 2.58. The van der Waals surface area contributed by atoms with Gasteiger partial charge in [0, 0.05) is 17.7 Å². The standard InChI is InChI=1S/C16H18ClNO3/c1-21-16(7-3-8-16)11-15(20)18-14-6-5-13(17)10-12(14)4-2-9-19/h5-6,10,19H,3,7-9,11H2,1H3,(H,18,20). The van der Waals surface area contributed by atoms with Crippen LogP contribution in [-0.4, -0.2) is 30.3 Å². The molecule has 2 rings (SSSR count). The van der Waals surface area contributed by atoms with E-state index in [1.165, 1.54) is 0 Å². The van der Waals surface area contributed by atoms with Crippen molar-refractivity contribution in [1.82, 2.24) is 0 Å². The van der Waals surface area contributed by atoms with Gasteiger partial charge in [0.1, 0.15) is 6.61 Å². The summed E-state index contributed by atoms with van der Waals surface area (Å²) in [7, 11) is 1.65. The summed E-state index contributed by atoms with van der Waals surface area (Å²) in [6, 6.07) is 5.06. The number of amides is 1. The highest BCUT2D eigenvalue weighted by molar-refractivity contribution is 6.30. The monoisotopic (exact) mass is 307 g/mol. The van der Waals surface area contributed by atoms with E-state index in [-0.39, 0.29) is 18.1 Å². The maximum Gasteiger partial charge on any atom is 0.227 e. The molecule has 1 aliphatic carbocycles. The Hall–Kier alpha value is -1.54. The first-order chi connectivity index (χ1) is 10.1. The molecule has 112 valence electrons. The number of halogens is 1. The summed E-state index contributed by atoms with van der Waals surface area (Å²) in [5.41, 5.74) is 0.869. The summed E-state index contributed by atoms with van der Waals surface area (Å²) in [6.07, 6.45) is 3.25. The molecule has 0 bridgehead atoms. The highest BCUT2D eigenvalue weighted by atomic mass is 35.5. The number of anilines is 1. The first-order valence-electron chi connectivity index (χ1n) is 6.83. The maximum atomic E-state index is 12.2. The van der Waals surface area contributed by atoms with Crippen LogP contribution < -0.4 is 5.32 Å². The molecule has 1 aromatic carbocycles. The lowest BCUT2D eigenvalue weighted by atomic mass is 9.77. The fourth-order valence-electron chi connectivity index (χ4n) is 2.37. The van der Waals surface area contributed by atoms with Gasteiger partial charge in [-0.3, -0.25) is 4.79 Å². The summed E-state index contributed by atoms with van der Waals surface area (Å²) in [4.78, 5) is 12.2. The number of aliphatic hydroxyl groups is 1. The van der Waals surface area contributed by atoms with E-state index >= 15 is 0 Å². The molecule has 1 aliphatic rings. The van der Waals surface area contributed by atoms with Crippen LogP contribution in [0.3, 0.4) is 0 Å². The second-order valence-corrected chi connectivity index (χ2v) is 5.55. The van der Waals surface area contributed by atoms with Crippen LogP contribution in [0.15, 0.2) is 18.2 Å². The van der Waals surface area contributed by atoms with E-state index in [1.807, 2.05) is 0 Å². The van der Waals surface area contributed by atoms with Gasteiger partial charge in [0.25, 0.3) is 0 Å². The Morgan fingerprint density at radius 2 is 2.29 bits per heavy atom. The van der Waals surface area contributed by atoms with Crippen molar-refractivity contribution >= 4 is 23.2 Å². The quantitative estimate of drug-likeness (QED) is 0.841. The van der Waals surface area contributed by atoms with Gasteiger partial charge in [-0.25, -0.2) is 0 Å². The number of aliphatic hydroxyl groups excluding tert-OH is 1. The van der Waals surface area contributed by atoms with Crippen LogP contribution in [-0.2, 0) is 9.53 Å². The topological polar surface area (TPSA) is 58.6 Å². The number of carbonyl (C=O) groups is 1. The lowest BCUT2D eigenvalue weighted by Crippen LogP contribution is -2.42. The van der Waals surface area contributed by atoms with Gasteiger partial charge in [0.15, 0.2) is 0 Å². The minimum Gasteiger partial charge on any atom is -0.384 e. The van der Waals surface area contributed by atoms with Crippen molar-refractivity contribution in [3.63, 3.8) is 0 Å². The Balaban J connectivity index is 2.10. The lowest BCUT2D eigenvalue weighted by molar-refractivity contribution is -0.129. The Kier molecular flexibility index (Phi) is 5.24. The smallest absolute Gasteiger partial charge is 0.227 e. The van der Waals surface area contributed by atoms with Crippen LogP contribution in [0, 0.1) is 11.8 Å². The van der Waals surface area contributed by atoms with Crippen LogP contribution in [0.2, 0.25) is 5.02 Å². The normalized spacial score (nSPS) is 15.6. The highest BCUT2D eigenvalue weighted by Gasteiger charge is 2.39. The predicted molar refractivity (Wildman–Crippen MR) is 82.3 cm³/mol. The zero-order valence-electron chi connectivity index (χ0n) is 11.9. The van der Waals surface area contributed by atoms with Crippen LogP contribution in [0.25, 0.3) is 0 Å². The zero-order valence-corrected chi connectivity index (χ0v) is 12.7. The summed E-state index contributed by atoms with van der Waals surface area (Å²) >= 11 is 5.93. The van der Waals surface area contributed by atoms with Crippen molar-refractivity contribution in [1.29, 1.82) is 0 Å². The first-order valence-corrected chi connectivity index (χ1v) is 7.21. The largest absolute Gasteiger partial charge is 0.384 e. The molecule has 0 atom stereocenters. The molecule has 1 amide bonds. The van der Waals surface area contributed by atoms with E-state index in [0.717, 1.165) is 19.3 Å². The molecule has 0 aromatic heterocycles. The fourth-order valence-corrected chi connectivity index (χ4v) is 2.55. The van der Waals surface area contributed by atoms with Crippen LogP contribution >= 0.6 is 11.6 Å². The minimum absolute atomic E-state index is 0.106. The van der Waals surface area contributed by atoms with Crippen molar-refractivity contribution in [3.05, 3.63) is 28.8 Å². The van der Waals surface area contributed by atoms with Gasteiger partial charge in [-0.15, -0.1) is 0 Å². The summed E-state index contributed by atoms with van der Waals surface area (Å²) < 4.78 is 5.45. The molecule has 0 saturated heterocycles. The lowest BCUT2D eigenvalue weighted by Gasteiger charge is -2.39. The van der Waals surface area contributed by atoms with Gasteiger partial charge < -0.3 is 15.2 Å². The van der Waals surface area contributed by atoms with Gasteiger partial charge in [-0.2, -0.15) is 0 Å². The third-order valence-corrected chi connectivity index (χ3v) is 3.97.